The highest BCUT2D eigenvalue weighted by Gasteiger charge is 2.44. The number of piperazine rings is 1. The lowest BCUT2D eigenvalue weighted by atomic mass is 9.91. The molecular weight excluding hydrogens is 733 g/mol. The Kier molecular flexibility index (Phi) is 9.66. The van der Waals surface area contributed by atoms with Crippen molar-refractivity contribution in [2.24, 2.45) is 0 Å². The molecule has 13 nitrogen and oxygen atoms in total. The summed E-state index contributed by atoms with van der Waals surface area (Å²) in [6, 6.07) is 17.2. The molecule has 5 aliphatic rings. The maximum Gasteiger partial charge on any atom is 0.262 e. The predicted octanol–water partition coefficient (Wildman–Crippen LogP) is 5.38. The Morgan fingerprint density at radius 3 is 2.28 bits per heavy atom. The van der Waals surface area contributed by atoms with Crippen LogP contribution >= 0.6 is 0 Å². The smallest absolute Gasteiger partial charge is 0.262 e. The standard InChI is InChI=1S/C45H48N8O5/c1-28-2-8-41(43(54)48-28)53-44(55)36-7-5-31(23-37(36)45(53)56)52-20-18-51(19-21-52)17-16-50-14-11-32(12-15-50)57-33-24-34(25-33)58-42-9-4-30(26-47-42)29-3-6-35-38-27-46-13-10-39(38)49-40(35)22-29/h3-7,9-10,13,22-23,26-27,32-34,41,49H,1-2,8,11-12,14-21,24-25H2,(H,48,54). The van der Waals surface area contributed by atoms with E-state index in [1.54, 1.807) is 12.3 Å². The van der Waals surface area contributed by atoms with E-state index >= 15 is 0 Å². The van der Waals surface area contributed by atoms with Gasteiger partial charge in [0.05, 0.1) is 23.3 Å². The summed E-state index contributed by atoms with van der Waals surface area (Å²) in [5.41, 5.74) is 6.64. The minimum atomic E-state index is -0.799. The number of carbonyl (C=O) groups is 3. The number of anilines is 1. The Morgan fingerprint density at radius 2 is 1.50 bits per heavy atom. The number of allylic oxidation sites excluding steroid dienone is 1. The van der Waals surface area contributed by atoms with Crippen molar-refractivity contribution in [2.45, 2.75) is 62.9 Å². The minimum Gasteiger partial charge on any atom is -0.474 e. The molecule has 2 aromatic carbocycles. The van der Waals surface area contributed by atoms with Crippen molar-refractivity contribution in [3.63, 3.8) is 0 Å². The second-order valence-electron chi connectivity index (χ2n) is 16.4. The van der Waals surface area contributed by atoms with Gasteiger partial charge in [-0.3, -0.25) is 29.2 Å². The molecule has 3 amide bonds. The maximum atomic E-state index is 13.4. The van der Waals surface area contributed by atoms with E-state index in [4.69, 9.17) is 9.47 Å². The van der Waals surface area contributed by atoms with Gasteiger partial charge < -0.3 is 29.6 Å². The number of likely N-dealkylation sites (tertiary alicyclic amines) is 1. The number of aromatic amines is 1. The Morgan fingerprint density at radius 1 is 0.724 bits per heavy atom. The molecular formula is C45H48N8O5. The van der Waals surface area contributed by atoms with Gasteiger partial charge in [-0.25, -0.2) is 4.98 Å². The first-order chi connectivity index (χ1) is 28.3. The topological polar surface area (TPSA) is 136 Å². The number of imide groups is 1. The van der Waals surface area contributed by atoms with Gasteiger partial charge in [0.1, 0.15) is 12.1 Å². The summed E-state index contributed by atoms with van der Waals surface area (Å²) in [5, 5.41) is 4.99. The van der Waals surface area contributed by atoms with Gasteiger partial charge in [0.2, 0.25) is 11.8 Å². The van der Waals surface area contributed by atoms with E-state index in [0.717, 1.165) is 116 Å². The number of nitrogens with one attached hydrogen (secondary N) is 2. The summed E-state index contributed by atoms with van der Waals surface area (Å²) >= 11 is 0. The van der Waals surface area contributed by atoms with Crippen molar-refractivity contribution in [1.82, 2.24) is 35.0 Å². The third kappa shape index (κ3) is 7.11. The van der Waals surface area contributed by atoms with E-state index in [-0.39, 0.29) is 18.1 Å². The summed E-state index contributed by atoms with van der Waals surface area (Å²) in [5.74, 6) is -0.476. The predicted molar refractivity (Wildman–Crippen MR) is 221 cm³/mol. The van der Waals surface area contributed by atoms with Gasteiger partial charge in [-0.2, -0.15) is 0 Å². The molecule has 4 aliphatic heterocycles. The molecule has 7 heterocycles. The number of rotatable bonds is 10. The van der Waals surface area contributed by atoms with E-state index in [2.05, 4.69) is 65.8 Å². The summed E-state index contributed by atoms with van der Waals surface area (Å²) in [7, 11) is 0. The van der Waals surface area contributed by atoms with Crippen molar-refractivity contribution in [1.29, 1.82) is 0 Å². The molecule has 13 heteroatoms. The molecule has 3 aromatic heterocycles. The number of hydrogen-bond donors (Lipinski definition) is 2. The molecule has 3 saturated heterocycles. The molecule has 1 unspecified atom stereocenters. The number of pyridine rings is 2. The Balaban J connectivity index is 0.628. The van der Waals surface area contributed by atoms with Crippen LogP contribution in [-0.2, 0) is 9.53 Å². The summed E-state index contributed by atoms with van der Waals surface area (Å²) in [4.78, 5) is 60.0. The van der Waals surface area contributed by atoms with Crippen LogP contribution in [0.1, 0.15) is 59.2 Å². The zero-order valence-corrected chi connectivity index (χ0v) is 32.6. The molecule has 0 spiro atoms. The number of fused-ring (bicyclic) bond motifs is 4. The first kappa shape index (κ1) is 36.7. The first-order valence-electron chi connectivity index (χ1n) is 20.7. The van der Waals surface area contributed by atoms with Gasteiger partial charge in [0.15, 0.2) is 0 Å². The monoisotopic (exact) mass is 780 g/mol. The largest absolute Gasteiger partial charge is 0.474 e. The average Bonchev–Trinajstić information content (AvgIpc) is 3.73. The van der Waals surface area contributed by atoms with Gasteiger partial charge in [-0.15, -0.1) is 0 Å². The number of hydrogen-bond acceptors (Lipinski definition) is 10. The van der Waals surface area contributed by atoms with Crippen LogP contribution in [-0.4, -0.2) is 124 Å². The van der Waals surface area contributed by atoms with E-state index < -0.39 is 17.9 Å². The molecule has 1 atom stereocenters. The fraction of sp³-hybridized carbons (Fsp3) is 0.400. The fourth-order valence-corrected chi connectivity index (χ4v) is 9.23. The highest BCUT2D eigenvalue weighted by atomic mass is 16.5. The van der Waals surface area contributed by atoms with Gasteiger partial charge in [0.25, 0.3) is 11.8 Å². The summed E-state index contributed by atoms with van der Waals surface area (Å²) < 4.78 is 12.7. The zero-order chi connectivity index (χ0) is 39.3. The zero-order valence-electron chi connectivity index (χ0n) is 32.6. The lowest BCUT2D eigenvalue weighted by molar-refractivity contribution is -0.125. The normalized spacial score (nSPS) is 23.4. The third-order valence-electron chi connectivity index (χ3n) is 12.7. The lowest BCUT2D eigenvalue weighted by Gasteiger charge is -2.40. The van der Waals surface area contributed by atoms with Crippen LogP contribution in [0.5, 0.6) is 5.88 Å². The summed E-state index contributed by atoms with van der Waals surface area (Å²) in [6.45, 7) is 11.5. The van der Waals surface area contributed by atoms with Crippen LogP contribution in [0.2, 0.25) is 0 Å². The molecule has 2 N–H and O–H groups in total. The van der Waals surface area contributed by atoms with Crippen molar-refractivity contribution in [3.8, 4) is 17.0 Å². The van der Waals surface area contributed by atoms with Crippen LogP contribution in [0.3, 0.4) is 0 Å². The van der Waals surface area contributed by atoms with Crippen molar-refractivity contribution in [2.75, 3.05) is 57.3 Å². The van der Waals surface area contributed by atoms with Crippen LogP contribution in [0.15, 0.2) is 85.5 Å². The molecule has 0 radical (unpaired) electrons. The second kappa shape index (κ2) is 15.3. The van der Waals surface area contributed by atoms with Crippen molar-refractivity contribution >= 4 is 45.2 Å². The number of benzene rings is 2. The molecule has 58 heavy (non-hydrogen) atoms. The van der Waals surface area contributed by atoms with E-state index in [1.165, 1.54) is 5.39 Å². The fourth-order valence-electron chi connectivity index (χ4n) is 9.23. The Labute approximate surface area is 337 Å². The highest BCUT2D eigenvalue weighted by Crippen LogP contribution is 2.34. The van der Waals surface area contributed by atoms with Crippen LogP contribution in [0, 0.1) is 0 Å². The Hall–Kier alpha value is -5.63. The SMILES string of the molecule is C=C1CCC(N2C(=O)c3ccc(N4CCN(CCN5CCC(OC6CC(Oc7ccc(-c8ccc9c(c8)[nH]c8ccncc89)cn7)C6)CC5)CC4)cc3C2=O)C(=O)N1. The van der Waals surface area contributed by atoms with Crippen LogP contribution in [0.4, 0.5) is 5.69 Å². The molecule has 1 aliphatic carbocycles. The van der Waals surface area contributed by atoms with Crippen molar-refractivity contribution in [3.05, 3.63) is 96.6 Å². The molecule has 1 saturated carbocycles. The number of H-pyrrole nitrogens is 1. The van der Waals surface area contributed by atoms with E-state index in [1.807, 2.05) is 36.7 Å². The number of piperidine rings is 2. The quantitative estimate of drug-likeness (QED) is 0.178. The average molecular weight is 781 g/mol. The van der Waals surface area contributed by atoms with Crippen LogP contribution < -0.4 is 15.0 Å². The second-order valence-corrected chi connectivity index (χ2v) is 16.4. The van der Waals surface area contributed by atoms with E-state index in [9.17, 15) is 14.4 Å². The highest BCUT2D eigenvalue weighted by molar-refractivity contribution is 6.23. The lowest BCUT2D eigenvalue weighted by Crippen LogP contribution is -2.51. The molecule has 298 valence electrons. The van der Waals surface area contributed by atoms with Gasteiger partial charge in [-0.05, 0) is 67.6 Å². The molecule has 5 aromatic rings. The van der Waals surface area contributed by atoms with Crippen molar-refractivity contribution < 1.29 is 23.9 Å². The Bertz CT molecular complexity index is 2390. The number of amides is 3. The molecule has 10 rings (SSSR count). The van der Waals surface area contributed by atoms with Gasteiger partial charge in [0, 0.05) is 129 Å². The van der Waals surface area contributed by atoms with Gasteiger partial charge >= 0.3 is 0 Å². The number of carbonyl (C=O) groups excluding carboxylic acids is 3. The third-order valence-corrected chi connectivity index (χ3v) is 12.7. The molecule has 4 fully saturated rings. The molecule has 0 bridgehead atoms. The minimum absolute atomic E-state index is 0.137. The number of ether oxygens (including phenoxy) is 2. The number of nitrogens with zero attached hydrogens (tertiary/aromatic N) is 6. The maximum absolute atomic E-state index is 13.4. The van der Waals surface area contributed by atoms with Gasteiger partial charge in [-0.1, -0.05) is 18.7 Å². The summed E-state index contributed by atoms with van der Waals surface area (Å²) in [6.07, 6.45) is 11.1. The number of aromatic nitrogens is 3. The van der Waals surface area contributed by atoms with Crippen LogP contribution in [0.25, 0.3) is 32.9 Å². The van der Waals surface area contributed by atoms with E-state index in [0.29, 0.717) is 41.6 Å². The first-order valence-corrected chi connectivity index (χ1v) is 20.7.